The molecule has 0 fully saturated rings. The highest BCUT2D eigenvalue weighted by Crippen LogP contribution is 2.29. The van der Waals surface area contributed by atoms with E-state index in [0.717, 1.165) is 23.4 Å². The van der Waals surface area contributed by atoms with Gasteiger partial charge in [0.2, 0.25) is 5.88 Å². The van der Waals surface area contributed by atoms with Gasteiger partial charge in [-0.1, -0.05) is 29.3 Å². The molecule has 3 nitrogen and oxygen atoms in total. The van der Waals surface area contributed by atoms with Gasteiger partial charge in [-0.3, -0.25) is 0 Å². The van der Waals surface area contributed by atoms with E-state index in [9.17, 15) is 0 Å². The summed E-state index contributed by atoms with van der Waals surface area (Å²) in [5, 5.41) is 3.58. The van der Waals surface area contributed by atoms with Crippen LogP contribution < -0.4 is 10.1 Å². The largest absolute Gasteiger partial charge is 0.437 e. The van der Waals surface area contributed by atoms with E-state index in [2.05, 4.69) is 23.3 Å². The first-order valence-corrected chi connectivity index (χ1v) is 6.52. The zero-order valence-electron chi connectivity index (χ0n) is 11.3. The van der Waals surface area contributed by atoms with Crippen LogP contribution in [0.3, 0.4) is 0 Å². The first-order valence-electron chi connectivity index (χ1n) is 6.14. The number of hydrogen-bond acceptors (Lipinski definition) is 3. The molecule has 0 aliphatic rings. The summed E-state index contributed by atoms with van der Waals surface area (Å²) >= 11 is 6.18. The Balaban J connectivity index is 2.23. The molecule has 0 aliphatic carbocycles. The second-order valence-corrected chi connectivity index (χ2v) is 4.94. The number of rotatable bonds is 4. The lowest BCUT2D eigenvalue weighted by Gasteiger charge is -2.10. The average molecular weight is 277 g/mol. The van der Waals surface area contributed by atoms with E-state index in [4.69, 9.17) is 16.3 Å². The summed E-state index contributed by atoms with van der Waals surface area (Å²) in [6, 6.07) is 7.87. The second-order valence-electron chi connectivity index (χ2n) is 4.53. The predicted octanol–water partition coefficient (Wildman–Crippen LogP) is 3.86. The Morgan fingerprint density at radius 1 is 1.26 bits per heavy atom. The highest BCUT2D eigenvalue weighted by Gasteiger charge is 2.08. The lowest BCUT2D eigenvalue weighted by atomic mass is 10.1. The van der Waals surface area contributed by atoms with Crippen molar-refractivity contribution in [2.45, 2.75) is 20.4 Å². The number of pyridine rings is 1. The summed E-state index contributed by atoms with van der Waals surface area (Å²) in [7, 11) is 1.88. The zero-order valence-corrected chi connectivity index (χ0v) is 12.1. The molecular weight excluding hydrogens is 260 g/mol. The molecule has 1 aromatic carbocycles. The van der Waals surface area contributed by atoms with Gasteiger partial charge in [0.15, 0.2) is 0 Å². The van der Waals surface area contributed by atoms with E-state index in [1.54, 1.807) is 6.20 Å². The number of nitrogens with one attached hydrogen (secondary N) is 1. The van der Waals surface area contributed by atoms with E-state index in [1.807, 2.05) is 32.2 Å². The lowest BCUT2D eigenvalue weighted by Crippen LogP contribution is -2.05. The smallest absolute Gasteiger partial charge is 0.238 e. The van der Waals surface area contributed by atoms with Crippen molar-refractivity contribution in [2.24, 2.45) is 0 Å². The van der Waals surface area contributed by atoms with Crippen LogP contribution in [0.4, 0.5) is 0 Å². The number of nitrogens with zero attached hydrogens (tertiary/aromatic N) is 1. The fraction of sp³-hybridized carbons (Fsp3) is 0.267. The monoisotopic (exact) mass is 276 g/mol. The first-order chi connectivity index (χ1) is 9.10. The third-order valence-corrected chi connectivity index (χ3v) is 3.05. The molecule has 0 atom stereocenters. The minimum atomic E-state index is 0.438. The minimum absolute atomic E-state index is 0.438. The van der Waals surface area contributed by atoms with Gasteiger partial charge in [-0.05, 0) is 44.2 Å². The normalized spacial score (nSPS) is 10.5. The number of hydrogen-bond donors (Lipinski definition) is 1. The van der Waals surface area contributed by atoms with Crippen LogP contribution in [0.2, 0.25) is 5.02 Å². The van der Waals surface area contributed by atoms with Crippen molar-refractivity contribution in [3.63, 3.8) is 0 Å². The molecule has 1 N–H and O–H groups in total. The van der Waals surface area contributed by atoms with Gasteiger partial charge in [-0.25, -0.2) is 4.98 Å². The number of aromatic nitrogens is 1. The van der Waals surface area contributed by atoms with Gasteiger partial charge < -0.3 is 10.1 Å². The highest BCUT2D eigenvalue weighted by atomic mass is 35.5. The van der Waals surface area contributed by atoms with Crippen molar-refractivity contribution >= 4 is 11.6 Å². The molecule has 0 unspecified atom stereocenters. The van der Waals surface area contributed by atoms with Crippen molar-refractivity contribution in [3.05, 3.63) is 52.2 Å². The fourth-order valence-electron chi connectivity index (χ4n) is 1.86. The molecular formula is C15H17ClN2O. The Morgan fingerprint density at radius 3 is 2.68 bits per heavy atom. The van der Waals surface area contributed by atoms with Crippen molar-refractivity contribution in [1.82, 2.24) is 10.3 Å². The van der Waals surface area contributed by atoms with Gasteiger partial charge in [0, 0.05) is 12.7 Å². The molecule has 0 saturated heterocycles. The fourth-order valence-corrected chi connectivity index (χ4v) is 2.09. The van der Waals surface area contributed by atoms with Crippen LogP contribution in [0, 0.1) is 13.8 Å². The summed E-state index contributed by atoms with van der Waals surface area (Å²) < 4.78 is 5.76. The number of ether oxygens (including phenoxy) is 1. The van der Waals surface area contributed by atoms with Crippen molar-refractivity contribution in [2.75, 3.05) is 7.05 Å². The summed E-state index contributed by atoms with van der Waals surface area (Å²) in [4.78, 5) is 4.26. The van der Waals surface area contributed by atoms with Gasteiger partial charge >= 0.3 is 0 Å². The van der Waals surface area contributed by atoms with E-state index in [0.29, 0.717) is 10.9 Å². The van der Waals surface area contributed by atoms with Crippen LogP contribution >= 0.6 is 11.6 Å². The molecule has 2 aromatic rings. The minimum Gasteiger partial charge on any atom is -0.437 e. The number of halogens is 1. The molecule has 1 aromatic heterocycles. The maximum absolute atomic E-state index is 6.18. The average Bonchev–Trinajstić information content (AvgIpc) is 2.36. The summed E-state index contributed by atoms with van der Waals surface area (Å²) in [5.74, 6) is 1.22. The van der Waals surface area contributed by atoms with Crippen LogP contribution in [-0.4, -0.2) is 12.0 Å². The maximum atomic E-state index is 6.18. The molecule has 1 heterocycles. The summed E-state index contributed by atoms with van der Waals surface area (Å²) in [5.41, 5.74) is 3.30. The van der Waals surface area contributed by atoms with Crippen LogP contribution in [-0.2, 0) is 6.54 Å². The summed E-state index contributed by atoms with van der Waals surface area (Å²) in [6.45, 7) is 4.79. The van der Waals surface area contributed by atoms with E-state index in [1.165, 1.54) is 5.56 Å². The molecule has 0 radical (unpaired) electrons. The summed E-state index contributed by atoms with van der Waals surface area (Å²) in [6.07, 6.45) is 1.77. The highest BCUT2D eigenvalue weighted by molar-refractivity contribution is 6.31. The third kappa shape index (κ3) is 3.46. The van der Waals surface area contributed by atoms with Crippen molar-refractivity contribution in [1.29, 1.82) is 0 Å². The molecule has 0 amide bonds. The van der Waals surface area contributed by atoms with Crippen LogP contribution in [0.25, 0.3) is 0 Å². The molecule has 0 bridgehead atoms. The quantitative estimate of drug-likeness (QED) is 0.921. The molecule has 2 rings (SSSR count). The SMILES string of the molecule is CNCc1cnc(Oc2ccc(C)cc2C)c(Cl)c1. The molecule has 0 spiro atoms. The van der Waals surface area contributed by atoms with Crippen molar-refractivity contribution in [3.8, 4) is 11.6 Å². The molecule has 4 heteroatoms. The van der Waals surface area contributed by atoms with Gasteiger partial charge in [0.1, 0.15) is 10.8 Å². The van der Waals surface area contributed by atoms with Gasteiger partial charge in [0.05, 0.1) is 0 Å². The van der Waals surface area contributed by atoms with Crippen molar-refractivity contribution < 1.29 is 4.74 Å². The van der Waals surface area contributed by atoms with E-state index >= 15 is 0 Å². The Hall–Kier alpha value is -1.58. The van der Waals surface area contributed by atoms with Gasteiger partial charge in [0.25, 0.3) is 0 Å². The first kappa shape index (κ1) is 13.8. The van der Waals surface area contributed by atoms with Gasteiger partial charge in [-0.2, -0.15) is 0 Å². The Morgan fingerprint density at radius 2 is 2.05 bits per heavy atom. The zero-order chi connectivity index (χ0) is 13.8. The third-order valence-electron chi connectivity index (χ3n) is 2.78. The standard InChI is InChI=1S/C15H17ClN2O/c1-10-4-5-14(11(2)6-10)19-15-13(16)7-12(8-17-3)9-18-15/h4-7,9,17H,8H2,1-3H3. The van der Waals surface area contributed by atoms with Gasteiger partial charge in [-0.15, -0.1) is 0 Å². The molecule has 19 heavy (non-hydrogen) atoms. The predicted molar refractivity (Wildman–Crippen MR) is 78.0 cm³/mol. The van der Waals surface area contributed by atoms with Crippen LogP contribution in [0.15, 0.2) is 30.5 Å². The molecule has 100 valence electrons. The Kier molecular flexibility index (Phi) is 4.40. The van der Waals surface area contributed by atoms with E-state index < -0.39 is 0 Å². The van der Waals surface area contributed by atoms with Crippen LogP contribution in [0.1, 0.15) is 16.7 Å². The Labute approximate surface area is 118 Å². The maximum Gasteiger partial charge on any atom is 0.238 e. The Bertz CT molecular complexity index is 584. The number of benzene rings is 1. The molecule has 0 aliphatic heterocycles. The van der Waals surface area contributed by atoms with E-state index in [-0.39, 0.29) is 0 Å². The van der Waals surface area contributed by atoms with Crippen LogP contribution in [0.5, 0.6) is 11.6 Å². The number of aryl methyl sites for hydroxylation is 2. The lowest BCUT2D eigenvalue weighted by molar-refractivity contribution is 0.459. The molecule has 0 saturated carbocycles. The topological polar surface area (TPSA) is 34.2 Å². The second kappa shape index (κ2) is 6.04.